The van der Waals surface area contributed by atoms with E-state index >= 15 is 0 Å². The summed E-state index contributed by atoms with van der Waals surface area (Å²) in [6.45, 7) is 6.22. The lowest BCUT2D eigenvalue weighted by Gasteiger charge is -2.10. The quantitative estimate of drug-likeness (QED) is 0.625. The SMILES string of the molecule is CCCCNS(=O)(=O)c1cc(C)c(C)c(N)c1. The van der Waals surface area contributed by atoms with Crippen molar-refractivity contribution in [1.29, 1.82) is 0 Å². The first-order valence-electron chi connectivity index (χ1n) is 5.75. The Morgan fingerprint density at radius 3 is 2.47 bits per heavy atom. The average molecular weight is 256 g/mol. The lowest BCUT2D eigenvalue weighted by molar-refractivity contribution is 0.578. The van der Waals surface area contributed by atoms with Crippen molar-refractivity contribution in [2.45, 2.75) is 38.5 Å². The summed E-state index contributed by atoms with van der Waals surface area (Å²) in [6.07, 6.45) is 1.79. The molecule has 1 aromatic carbocycles. The molecule has 0 unspecified atom stereocenters. The van der Waals surface area contributed by atoms with E-state index in [1.165, 1.54) is 6.07 Å². The molecule has 0 amide bonds. The first-order chi connectivity index (χ1) is 7.88. The summed E-state index contributed by atoms with van der Waals surface area (Å²) in [7, 11) is -3.42. The topological polar surface area (TPSA) is 72.2 Å². The molecule has 3 N–H and O–H groups in total. The zero-order chi connectivity index (χ0) is 13.1. The van der Waals surface area contributed by atoms with Crippen molar-refractivity contribution in [1.82, 2.24) is 4.72 Å². The van der Waals surface area contributed by atoms with Gasteiger partial charge in [-0.1, -0.05) is 13.3 Å². The Kier molecular flexibility index (Phi) is 4.54. The number of hydrogen-bond donors (Lipinski definition) is 2. The van der Waals surface area contributed by atoms with Gasteiger partial charge in [-0.3, -0.25) is 0 Å². The number of nitrogens with two attached hydrogens (primary N) is 1. The van der Waals surface area contributed by atoms with Crippen LogP contribution in [0.2, 0.25) is 0 Å². The number of rotatable bonds is 5. The third-order valence-electron chi connectivity index (χ3n) is 2.81. The molecule has 5 heteroatoms. The molecule has 0 saturated heterocycles. The maximum atomic E-state index is 12.0. The van der Waals surface area contributed by atoms with E-state index in [1.807, 2.05) is 20.8 Å². The van der Waals surface area contributed by atoms with E-state index in [0.29, 0.717) is 12.2 Å². The lowest BCUT2D eigenvalue weighted by atomic mass is 10.1. The summed E-state index contributed by atoms with van der Waals surface area (Å²) in [6, 6.07) is 3.16. The van der Waals surface area contributed by atoms with Gasteiger partial charge >= 0.3 is 0 Å². The molecule has 1 aromatic rings. The largest absolute Gasteiger partial charge is 0.398 e. The minimum absolute atomic E-state index is 0.245. The van der Waals surface area contributed by atoms with Crippen LogP contribution in [0, 0.1) is 13.8 Å². The van der Waals surface area contributed by atoms with Crippen molar-refractivity contribution < 1.29 is 8.42 Å². The monoisotopic (exact) mass is 256 g/mol. The second-order valence-electron chi connectivity index (χ2n) is 4.21. The van der Waals surface area contributed by atoms with E-state index in [4.69, 9.17) is 5.73 Å². The van der Waals surface area contributed by atoms with E-state index in [0.717, 1.165) is 24.0 Å². The molecular formula is C12H20N2O2S. The van der Waals surface area contributed by atoms with Crippen LogP contribution in [0.25, 0.3) is 0 Å². The lowest BCUT2D eigenvalue weighted by Crippen LogP contribution is -2.25. The fourth-order valence-corrected chi connectivity index (χ4v) is 2.67. The number of unbranched alkanes of at least 4 members (excludes halogenated alkanes) is 1. The highest BCUT2D eigenvalue weighted by atomic mass is 32.2. The molecule has 0 fully saturated rings. The molecule has 0 saturated carbocycles. The van der Waals surface area contributed by atoms with Gasteiger partial charge in [0.25, 0.3) is 0 Å². The normalized spacial score (nSPS) is 11.7. The Bertz CT molecular complexity index is 472. The fourth-order valence-electron chi connectivity index (χ4n) is 1.47. The fraction of sp³-hybridized carbons (Fsp3) is 0.500. The molecule has 0 aliphatic rings. The van der Waals surface area contributed by atoms with Crippen LogP contribution in [0.3, 0.4) is 0 Å². The Hall–Kier alpha value is -1.07. The zero-order valence-electron chi connectivity index (χ0n) is 10.6. The van der Waals surface area contributed by atoms with Gasteiger partial charge in [0.05, 0.1) is 4.90 Å². The van der Waals surface area contributed by atoms with Crippen molar-refractivity contribution in [3.05, 3.63) is 23.3 Å². The summed E-state index contributed by atoms with van der Waals surface area (Å²) in [4.78, 5) is 0.245. The zero-order valence-corrected chi connectivity index (χ0v) is 11.4. The van der Waals surface area contributed by atoms with E-state index in [-0.39, 0.29) is 4.90 Å². The average Bonchev–Trinajstić information content (AvgIpc) is 2.25. The minimum Gasteiger partial charge on any atom is -0.398 e. The molecule has 0 aliphatic heterocycles. The van der Waals surface area contributed by atoms with Crippen LogP contribution >= 0.6 is 0 Å². The third-order valence-corrected chi connectivity index (χ3v) is 4.25. The second-order valence-corrected chi connectivity index (χ2v) is 5.97. The summed E-state index contributed by atoms with van der Waals surface area (Å²) in [5, 5.41) is 0. The standard InChI is InChI=1S/C12H20N2O2S/c1-4-5-6-14-17(15,16)11-7-9(2)10(3)12(13)8-11/h7-8,14H,4-6,13H2,1-3H3. The number of benzene rings is 1. The molecule has 0 spiro atoms. The molecule has 4 nitrogen and oxygen atoms in total. The van der Waals surface area contributed by atoms with Crippen LogP contribution in [0.4, 0.5) is 5.69 Å². The molecule has 0 aromatic heterocycles. The van der Waals surface area contributed by atoms with Crippen LogP contribution in [0.5, 0.6) is 0 Å². The van der Waals surface area contributed by atoms with Crippen molar-refractivity contribution >= 4 is 15.7 Å². The van der Waals surface area contributed by atoms with Crippen LogP contribution in [-0.2, 0) is 10.0 Å². The highest BCUT2D eigenvalue weighted by molar-refractivity contribution is 7.89. The number of hydrogen-bond acceptors (Lipinski definition) is 3. The number of aryl methyl sites for hydroxylation is 1. The van der Waals surface area contributed by atoms with Crippen LogP contribution in [-0.4, -0.2) is 15.0 Å². The maximum absolute atomic E-state index is 12.0. The third kappa shape index (κ3) is 3.44. The number of nitrogens with one attached hydrogen (secondary N) is 1. The first-order valence-corrected chi connectivity index (χ1v) is 7.23. The molecule has 96 valence electrons. The second kappa shape index (κ2) is 5.51. The van der Waals surface area contributed by atoms with E-state index in [9.17, 15) is 8.42 Å². The highest BCUT2D eigenvalue weighted by Crippen LogP contribution is 2.21. The van der Waals surface area contributed by atoms with E-state index < -0.39 is 10.0 Å². The summed E-state index contributed by atoms with van der Waals surface area (Å²) >= 11 is 0. The van der Waals surface area contributed by atoms with Gasteiger partial charge in [-0.25, -0.2) is 13.1 Å². The first kappa shape index (κ1) is 14.0. The van der Waals surface area contributed by atoms with E-state index in [2.05, 4.69) is 4.72 Å². The Morgan fingerprint density at radius 2 is 1.94 bits per heavy atom. The van der Waals surface area contributed by atoms with Crippen molar-refractivity contribution in [2.24, 2.45) is 0 Å². The minimum atomic E-state index is -3.42. The van der Waals surface area contributed by atoms with Gasteiger partial charge in [-0.2, -0.15) is 0 Å². The maximum Gasteiger partial charge on any atom is 0.240 e. The van der Waals surface area contributed by atoms with Crippen LogP contribution in [0.15, 0.2) is 17.0 Å². The van der Waals surface area contributed by atoms with Crippen molar-refractivity contribution in [3.8, 4) is 0 Å². The molecular weight excluding hydrogens is 236 g/mol. The van der Waals surface area contributed by atoms with Crippen molar-refractivity contribution in [3.63, 3.8) is 0 Å². The predicted molar refractivity (Wildman–Crippen MR) is 70.4 cm³/mol. The smallest absolute Gasteiger partial charge is 0.240 e. The molecule has 1 rings (SSSR count). The Labute approximate surface area is 103 Å². The van der Waals surface area contributed by atoms with E-state index in [1.54, 1.807) is 6.07 Å². The summed E-state index contributed by atoms with van der Waals surface area (Å²) < 4.78 is 26.5. The highest BCUT2D eigenvalue weighted by Gasteiger charge is 2.15. The van der Waals surface area contributed by atoms with Crippen LogP contribution < -0.4 is 10.5 Å². The molecule has 0 heterocycles. The molecule has 17 heavy (non-hydrogen) atoms. The number of sulfonamides is 1. The summed E-state index contributed by atoms with van der Waals surface area (Å²) in [5.41, 5.74) is 8.11. The van der Waals surface area contributed by atoms with Gasteiger partial charge in [-0.05, 0) is 43.5 Å². The van der Waals surface area contributed by atoms with Gasteiger partial charge in [-0.15, -0.1) is 0 Å². The van der Waals surface area contributed by atoms with Gasteiger partial charge in [0.1, 0.15) is 0 Å². The Balaban J connectivity index is 2.99. The molecule has 0 radical (unpaired) electrons. The molecule has 0 aliphatic carbocycles. The van der Waals surface area contributed by atoms with Crippen molar-refractivity contribution in [2.75, 3.05) is 12.3 Å². The van der Waals surface area contributed by atoms with Gasteiger partial charge in [0.15, 0.2) is 0 Å². The number of anilines is 1. The summed E-state index contributed by atoms with van der Waals surface area (Å²) in [5.74, 6) is 0. The van der Waals surface area contributed by atoms with Gasteiger partial charge in [0, 0.05) is 12.2 Å². The van der Waals surface area contributed by atoms with Crippen LogP contribution in [0.1, 0.15) is 30.9 Å². The van der Waals surface area contributed by atoms with Gasteiger partial charge in [0.2, 0.25) is 10.0 Å². The predicted octanol–water partition coefficient (Wildman–Crippen LogP) is 1.96. The molecule has 0 atom stereocenters. The molecule has 0 bridgehead atoms. The Morgan fingerprint density at radius 1 is 1.29 bits per heavy atom. The number of nitrogen functional groups attached to an aromatic ring is 1. The van der Waals surface area contributed by atoms with Gasteiger partial charge < -0.3 is 5.73 Å².